The fourth-order valence-corrected chi connectivity index (χ4v) is 4.57. The molecule has 28 heavy (non-hydrogen) atoms. The smallest absolute Gasteiger partial charge is 0.266 e. The second kappa shape index (κ2) is 6.27. The average molecular weight is 375 g/mol. The van der Waals surface area contributed by atoms with E-state index in [-0.39, 0.29) is 29.1 Å². The van der Waals surface area contributed by atoms with Crippen LogP contribution in [0.2, 0.25) is 0 Å². The van der Waals surface area contributed by atoms with Gasteiger partial charge in [0.15, 0.2) is 0 Å². The Labute approximate surface area is 162 Å². The van der Waals surface area contributed by atoms with E-state index in [4.69, 9.17) is 0 Å². The quantitative estimate of drug-likeness (QED) is 0.809. The van der Waals surface area contributed by atoms with Crippen molar-refractivity contribution in [2.75, 3.05) is 23.3 Å². The van der Waals surface area contributed by atoms with Crippen LogP contribution in [0.1, 0.15) is 40.0 Å². The van der Waals surface area contributed by atoms with Gasteiger partial charge >= 0.3 is 0 Å². The number of carbonyl (C=O) groups is 3. The van der Waals surface area contributed by atoms with E-state index in [1.807, 2.05) is 0 Å². The molecule has 1 atom stereocenters. The van der Waals surface area contributed by atoms with Gasteiger partial charge in [-0.2, -0.15) is 0 Å². The molecule has 2 fully saturated rings. The van der Waals surface area contributed by atoms with Crippen molar-refractivity contribution in [2.24, 2.45) is 11.3 Å². The lowest BCUT2D eigenvalue weighted by atomic mass is 9.92. The second-order valence-electron chi connectivity index (χ2n) is 7.90. The minimum absolute atomic E-state index is 0.0291. The Hall–Kier alpha value is -2.99. The summed E-state index contributed by atoms with van der Waals surface area (Å²) in [7, 11) is 0. The molecule has 1 spiro atoms. The van der Waals surface area contributed by atoms with E-state index < -0.39 is 0 Å². The summed E-state index contributed by atoms with van der Waals surface area (Å²) in [6.45, 7) is 1.94. The van der Waals surface area contributed by atoms with Gasteiger partial charge in [0.25, 0.3) is 11.8 Å². The van der Waals surface area contributed by atoms with Gasteiger partial charge in [-0.1, -0.05) is 18.2 Å². The van der Waals surface area contributed by atoms with E-state index in [0.29, 0.717) is 22.5 Å². The zero-order valence-electron chi connectivity index (χ0n) is 15.4. The van der Waals surface area contributed by atoms with Crippen LogP contribution in [0.25, 0.3) is 0 Å². The zero-order chi connectivity index (χ0) is 19.3. The molecule has 1 unspecified atom stereocenters. The SMILES string of the molecule is O=C(Nc1cccc(N2C(=O)c3ccccc3C2=O)c1)C1CC12CCNCC2. The largest absolute Gasteiger partial charge is 0.326 e. The molecule has 6 nitrogen and oxygen atoms in total. The molecule has 2 N–H and O–H groups in total. The van der Waals surface area contributed by atoms with Crippen molar-refractivity contribution >= 4 is 29.1 Å². The van der Waals surface area contributed by atoms with Gasteiger partial charge in [0, 0.05) is 11.6 Å². The Morgan fingerprint density at radius 1 is 1.00 bits per heavy atom. The monoisotopic (exact) mass is 375 g/mol. The summed E-state index contributed by atoms with van der Waals surface area (Å²) >= 11 is 0. The topological polar surface area (TPSA) is 78.5 Å². The van der Waals surface area contributed by atoms with Crippen LogP contribution < -0.4 is 15.5 Å². The molecule has 2 heterocycles. The standard InChI is InChI=1S/C22H21N3O3/c26-19(18-13-22(18)8-10-23-11-9-22)24-14-4-3-5-15(12-14)25-20(27)16-6-1-2-7-17(16)21(25)28/h1-7,12,18,23H,8-11,13H2,(H,24,26). The first kappa shape index (κ1) is 17.1. The molecule has 2 aromatic rings. The molecule has 3 amide bonds. The third-order valence-electron chi connectivity index (χ3n) is 6.27. The highest BCUT2D eigenvalue weighted by Crippen LogP contribution is 2.58. The van der Waals surface area contributed by atoms with Crippen LogP contribution in [0.4, 0.5) is 11.4 Å². The zero-order valence-corrected chi connectivity index (χ0v) is 15.4. The maximum atomic E-state index is 12.7. The predicted octanol–water partition coefficient (Wildman–Crippen LogP) is 2.82. The van der Waals surface area contributed by atoms with Crippen LogP contribution in [-0.2, 0) is 4.79 Å². The average Bonchev–Trinajstić information content (AvgIpc) is 3.34. The number of fused-ring (bicyclic) bond motifs is 1. The third kappa shape index (κ3) is 2.64. The number of piperidine rings is 1. The Morgan fingerprint density at radius 2 is 1.68 bits per heavy atom. The third-order valence-corrected chi connectivity index (χ3v) is 6.27. The Morgan fingerprint density at radius 3 is 2.36 bits per heavy atom. The highest BCUT2D eigenvalue weighted by atomic mass is 16.2. The summed E-state index contributed by atoms with van der Waals surface area (Å²) in [4.78, 5) is 39.2. The van der Waals surface area contributed by atoms with E-state index >= 15 is 0 Å². The highest BCUT2D eigenvalue weighted by molar-refractivity contribution is 6.34. The van der Waals surface area contributed by atoms with Crippen LogP contribution in [0, 0.1) is 11.3 Å². The molecule has 2 aromatic carbocycles. The molecule has 0 bridgehead atoms. The first-order valence-corrected chi connectivity index (χ1v) is 9.69. The van der Waals surface area contributed by atoms with Gasteiger partial charge in [-0.3, -0.25) is 14.4 Å². The molecule has 1 saturated heterocycles. The molecule has 0 radical (unpaired) electrons. The van der Waals surface area contributed by atoms with Crippen molar-refractivity contribution < 1.29 is 14.4 Å². The number of rotatable bonds is 3. The number of hydrogen-bond acceptors (Lipinski definition) is 4. The number of carbonyl (C=O) groups excluding carboxylic acids is 3. The number of benzene rings is 2. The number of imide groups is 1. The lowest BCUT2D eigenvalue weighted by Crippen LogP contribution is -2.31. The van der Waals surface area contributed by atoms with E-state index in [0.717, 1.165) is 32.4 Å². The Kier molecular flexibility index (Phi) is 3.84. The molecule has 2 aliphatic heterocycles. The van der Waals surface area contributed by atoms with Crippen LogP contribution in [0.3, 0.4) is 0 Å². The fraction of sp³-hybridized carbons (Fsp3) is 0.318. The molecular formula is C22H21N3O3. The van der Waals surface area contributed by atoms with Crippen molar-refractivity contribution in [1.29, 1.82) is 0 Å². The molecule has 5 rings (SSSR count). The Balaban J connectivity index is 1.34. The van der Waals surface area contributed by atoms with Crippen molar-refractivity contribution in [1.82, 2.24) is 5.32 Å². The van der Waals surface area contributed by atoms with Gasteiger partial charge < -0.3 is 10.6 Å². The van der Waals surface area contributed by atoms with Gasteiger partial charge in [0.2, 0.25) is 5.91 Å². The number of anilines is 2. The van der Waals surface area contributed by atoms with Crippen molar-refractivity contribution in [2.45, 2.75) is 19.3 Å². The maximum Gasteiger partial charge on any atom is 0.266 e. The molecule has 3 aliphatic rings. The molecule has 142 valence electrons. The molecular weight excluding hydrogens is 354 g/mol. The molecule has 0 aromatic heterocycles. The summed E-state index contributed by atoms with van der Waals surface area (Å²) in [5, 5.41) is 6.32. The molecule has 1 aliphatic carbocycles. The van der Waals surface area contributed by atoms with Gasteiger partial charge in [-0.15, -0.1) is 0 Å². The number of nitrogens with zero attached hydrogens (tertiary/aromatic N) is 1. The van der Waals surface area contributed by atoms with Gasteiger partial charge in [0.05, 0.1) is 16.8 Å². The summed E-state index contributed by atoms with van der Waals surface area (Å²) in [5.41, 5.74) is 2.06. The number of nitrogens with one attached hydrogen (secondary N) is 2. The van der Waals surface area contributed by atoms with E-state index in [2.05, 4.69) is 10.6 Å². The second-order valence-corrected chi connectivity index (χ2v) is 7.90. The van der Waals surface area contributed by atoms with Crippen LogP contribution in [0.5, 0.6) is 0 Å². The van der Waals surface area contributed by atoms with Crippen LogP contribution in [-0.4, -0.2) is 30.8 Å². The Bertz CT molecular complexity index is 959. The predicted molar refractivity (Wildman–Crippen MR) is 105 cm³/mol. The first-order valence-electron chi connectivity index (χ1n) is 9.69. The van der Waals surface area contributed by atoms with Gasteiger partial charge in [0.1, 0.15) is 0 Å². The summed E-state index contributed by atoms with van der Waals surface area (Å²) in [5.74, 6) is -0.584. The van der Waals surface area contributed by atoms with E-state index in [1.165, 1.54) is 4.90 Å². The lowest BCUT2D eigenvalue weighted by Gasteiger charge is -2.23. The van der Waals surface area contributed by atoms with Crippen molar-refractivity contribution in [3.05, 3.63) is 59.7 Å². The first-order chi connectivity index (χ1) is 13.6. The fourth-order valence-electron chi connectivity index (χ4n) is 4.57. The van der Waals surface area contributed by atoms with Gasteiger partial charge in [-0.25, -0.2) is 4.90 Å². The van der Waals surface area contributed by atoms with Crippen molar-refractivity contribution in [3.63, 3.8) is 0 Å². The molecule has 1 saturated carbocycles. The van der Waals surface area contributed by atoms with E-state index in [1.54, 1.807) is 48.5 Å². The van der Waals surface area contributed by atoms with Crippen molar-refractivity contribution in [3.8, 4) is 0 Å². The van der Waals surface area contributed by atoms with E-state index in [9.17, 15) is 14.4 Å². The number of amides is 3. The van der Waals surface area contributed by atoms with Crippen LogP contribution >= 0.6 is 0 Å². The summed E-state index contributed by atoms with van der Waals surface area (Å²) < 4.78 is 0. The minimum Gasteiger partial charge on any atom is -0.326 e. The molecule has 6 heteroatoms. The van der Waals surface area contributed by atoms with Gasteiger partial charge in [-0.05, 0) is 68.1 Å². The normalized spacial score (nSPS) is 22.3. The lowest BCUT2D eigenvalue weighted by molar-refractivity contribution is -0.118. The summed E-state index contributed by atoms with van der Waals surface area (Å²) in [6, 6.07) is 13.8. The highest BCUT2D eigenvalue weighted by Gasteiger charge is 2.57. The van der Waals surface area contributed by atoms with Crippen LogP contribution in [0.15, 0.2) is 48.5 Å². The maximum absolute atomic E-state index is 12.7. The number of hydrogen-bond donors (Lipinski definition) is 2. The minimum atomic E-state index is -0.333. The summed E-state index contributed by atoms with van der Waals surface area (Å²) in [6.07, 6.45) is 3.03.